The van der Waals surface area contributed by atoms with Gasteiger partial charge in [0.05, 0.1) is 12.4 Å². The molecule has 0 atom stereocenters. The molecule has 0 unspecified atom stereocenters. The minimum Gasteiger partial charge on any atom is -0.452 e. The van der Waals surface area contributed by atoms with Crippen LogP contribution in [0, 0.1) is 0 Å². The molecule has 0 aliphatic heterocycles. The van der Waals surface area contributed by atoms with E-state index in [9.17, 15) is 0 Å². The second-order valence-corrected chi connectivity index (χ2v) is 2.27. The van der Waals surface area contributed by atoms with Gasteiger partial charge in [-0.25, -0.2) is 9.97 Å². The highest BCUT2D eigenvalue weighted by molar-refractivity contribution is 4.79. The second-order valence-electron chi connectivity index (χ2n) is 2.27. The zero-order chi connectivity index (χ0) is 11.3. The van der Waals surface area contributed by atoms with Gasteiger partial charge < -0.3 is 8.83 Å². The van der Waals surface area contributed by atoms with Crippen LogP contribution in [0.1, 0.15) is 0 Å². The summed E-state index contributed by atoms with van der Waals surface area (Å²) in [5, 5.41) is 7.07. The van der Waals surface area contributed by atoms with Crippen molar-refractivity contribution in [1.29, 1.82) is 0 Å². The van der Waals surface area contributed by atoms with Gasteiger partial charge in [-0.3, -0.25) is 0 Å². The van der Waals surface area contributed by atoms with Crippen LogP contribution in [0.25, 0.3) is 0 Å². The minimum absolute atomic E-state index is 1.38. The van der Waals surface area contributed by atoms with Gasteiger partial charge in [-0.2, -0.15) is 10.2 Å². The van der Waals surface area contributed by atoms with Crippen molar-refractivity contribution in [2.24, 2.45) is 0 Å². The van der Waals surface area contributed by atoms with Gasteiger partial charge in [-0.1, -0.05) is 0 Å². The van der Waals surface area contributed by atoms with E-state index in [4.69, 9.17) is 0 Å². The molecule has 3 aromatic rings. The quantitative estimate of drug-likeness (QED) is 0.572. The van der Waals surface area contributed by atoms with Crippen LogP contribution >= 0.6 is 0 Å². The van der Waals surface area contributed by atoms with E-state index in [-0.39, 0.29) is 0 Å². The summed E-state index contributed by atoms with van der Waals surface area (Å²) < 4.78 is 8.94. The monoisotopic (exact) mass is 218 g/mol. The Kier molecular flexibility index (Phi) is 6.56. The van der Waals surface area contributed by atoms with Crippen molar-refractivity contribution in [2.45, 2.75) is 0 Å². The van der Waals surface area contributed by atoms with E-state index < -0.39 is 0 Å². The van der Waals surface area contributed by atoms with Crippen LogP contribution in [0.3, 0.4) is 0 Å². The minimum atomic E-state index is 1.38. The topological polar surface area (TPSA) is 77.8 Å². The molecule has 6 nitrogen and oxygen atoms in total. The van der Waals surface area contributed by atoms with Crippen molar-refractivity contribution in [3.8, 4) is 0 Å². The SMILES string of the molecule is c1ccnnc1.c1cocn1.c1cocn1. The molecule has 0 saturated heterocycles. The molecule has 3 rings (SSSR count). The standard InChI is InChI=1S/C4H4N2.2C3H3NO/c1-2-4-6-5-3-1;2*1-2-5-3-4-1/h1-4H;2*1-3H. The second kappa shape index (κ2) is 9.07. The van der Waals surface area contributed by atoms with Gasteiger partial charge in [-0.15, -0.1) is 0 Å². The predicted octanol–water partition coefficient (Wildman–Crippen LogP) is 1.83. The van der Waals surface area contributed by atoms with Crippen LogP contribution in [0.4, 0.5) is 0 Å². The third kappa shape index (κ3) is 6.96. The fourth-order valence-corrected chi connectivity index (χ4v) is 0.605. The Morgan fingerprint density at radius 1 is 0.625 bits per heavy atom. The van der Waals surface area contributed by atoms with Crippen molar-refractivity contribution in [1.82, 2.24) is 20.2 Å². The lowest BCUT2D eigenvalue weighted by Crippen LogP contribution is -1.69. The molecule has 0 saturated carbocycles. The summed E-state index contributed by atoms with van der Waals surface area (Å²) in [6.45, 7) is 0. The number of aromatic nitrogens is 4. The summed E-state index contributed by atoms with van der Waals surface area (Å²) >= 11 is 0. The van der Waals surface area contributed by atoms with Crippen LogP contribution in [0.5, 0.6) is 0 Å². The molecule has 0 fully saturated rings. The van der Waals surface area contributed by atoms with Gasteiger partial charge in [0, 0.05) is 12.4 Å². The van der Waals surface area contributed by atoms with Crippen LogP contribution in [0.2, 0.25) is 0 Å². The zero-order valence-corrected chi connectivity index (χ0v) is 8.38. The van der Waals surface area contributed by atoms with Crippen molar-refractivity contribution in [3.63, 3.8) is 0 Å². The lowest BCUT2D eigenvalue weighted by atomic mass is 10.6. The molecule has 0 amide bonds. The molecule has 0 bridgehead atoms. The number of nitrogens with zero attached hydrogens (tertiary/aromatic N) is 4. The largest absolute Gasteiger partial charge is 0.452 e. The maximum Gasteiger partial charge on any atom is 0.180 e. The molecule has 3 heterocycles. The summed E-state index contributed by atoms with van der Waals surface area (Å²) in [7, 11) is 0. The van der Waals surface area contributed by atoms with Crippen LogP contribution < -0.4 is 0 Å². The van der Waals surface area contributed by atoms with Gasteiger partial charge >= 0.3 is 0 Å². The molecule has 0 aromatic carbocycles. The molecule has 16 heavy (non-hydrogen) atoms. The van der Waals surface area contributed by atoms with Crippen LogP contribution in [0.15, 0.2) is 71.1 Å². The van der Waals surface area contributed by atoms with Crippen molar-refractivity contribution in [2.75, 3.05) is 0 Å². The number of hydrogen-bond donors (Lipinski definition) is 0. The molecule has 0 N–H and O–H groups in total. The molecule has 0 aliphatic carbocycles. The summed E-state index contributed by atoms with van der Waals surface area (Å²) in [5.74, 6) is 0. The third-order valence-electron chi connectivity index (χ3n) is 1.18. The average Bonchev–Trinajstić information content (AvgIpc) is 3.10. The molecule has 0 spiro atoms. The first-order valence-electron chi connectivity index (χ1n) is 4.36. The van der Waals surface area contributed by atoms with Crippen LogP contribution in [-0.2, 0) is 0 Å². The van der Waals surface area contributed by atoms with Crippen molar-refractivity contribution >= 4 is 0 Å². The normalized spacial score (nSPS) is 8.00. The fourth-order valence-electron chi connectivity index (χ4n) is 0.605. The molecule has 3 aromatic heterocycles. The molecule has 82 valence electrons. The Morgan fingerprint density at radius 2 is 1.12 bits per heavy atom. The van der Waals surface area contributed by atoms with E-state index in [1.165, 1.54) is 25.3 Å². The van der Waals surface area contributed by atoms with Gasteiger partial charge in [-0.05, 0) is 12.1 Å². The van der Waals surface area contributed by atoms with E-state index in [0.29, 0.717) is 0 Å². The highest BCUT2D eigenvalue weighted by atomic mass is 16.3. The molecule has 6 heteroatoms. The first-order valence-corrected chi connectivity index (χ1v) is 4.36. The van der Waals surface area contributed by atoms with Gasteiger partial charge in [0.25, 0.3) is 0 Å². The third-order valence-corrected chi connectivity index (χ3v) is 1.18. The Bertz CT molecular complexity index is 312. The first-order chi connectivity index (χ1) is 8.00. The lowest BCUT2D eigenvalue weighted by molar-refractivity contribution is 0.557. The molecule has 0 radical (unpaired) electrons. The summed E-state index contributed by atoms with van der Waals surface area (Å²) in [6, 6.07) is 3.65. The molecular weight excluding hydrogens is 208 g/mol. The molecule has 0 aliphatic rings. The molecular formula is C10H10N4O2. The van der Waals surface area contributed by atoms with Gasteiger partial charge in [0.15, 0.2) is 12.8 Å². The number of oxazole rings is 2. The highest BCUT2D eigenvalue weighted by Crippen LogP contribution is 1.72. The summed E-state index contributed by atoms with van der Waals surface area (Å²) in [5.41, 5.74) is 0. The highest BCUT2D eigenvalue weighted by Gasteiger charge is 1.60. The average molecular weight is 218 g/mol. The Labute approximate surface area is 92.0 Å². The smallest absolute Gasteiger partial charge is 0.180 e. The fraction of sp³-hybridized carbons (Fsp3) is 0. The Morgan fingerprint density at radius 3 is 1.25 bits per heavy atom. The van der Waals surface area contributed by atoms with Crippen LogP contribution in [-0.4, -0.2) is 20.2 Å². The van der Waals surface area contributed by atoms with E-state index >= 15 is 0 Å². The van der Waals surface area contributed by atoms with E-state index in [2.05, 4.69) is 29.0 Å². The van der Waals surface area contributed by atoms with Crippen molar-refractivity contribution < 1.29 is 8.83 Å². The summed E-state index contributed by atoms with van der Waals surface area (Å²) in [4.78, 5) is 7.11. The predicted molar refractivity (Wildman–Crippen MR) is 55.0 cm³/mol. The maximum absolute atomic E-state index is 4.47. The van der Waals surface area contributed by atoms with E-state index in [1.54, 1.807) is 24.8 Å². The maximum atomic E-state index is 4.47. The number of rotatable bonds is 0. The first kappa shape index (κ1) is 11.6. The Hall–Kier alpha value is -2.50. The zero-order valence-electron chi connectivity index (χ0n) is 8.38. The Balaban J connectivity index is 0.000000121. The van der Waals surface area contributed by atoms with Crippen molar-refractivity contribution in [3.05, 3.63) is 62.2 Å². The van der Waals surface area contributed by atoms with E-state index in [0.717, 1.165) is 0 Å². The number of hydrogen-bond acceptors (Lipinski definition) is 6. The van der Waals surface area contributed by atoms with Gasteiger partial charge in [0.2, 0.25) is 0 Å². The summed E-state index contributed by atoms with van der Waals surface area (Å²) in [6.07, 6.45) is 12.2. The van der Waals surface area contributed by atoms with E-state index in [1.807, 2.05) is 12.1 Å². The lowest BCUT2D eigenvalue weighted by Gasteiger charge is -1.69. The van der Waals surface area contributed by atoms with Gasteiger partial charge in [0.1, 0.15) is 12.5 Å².